The van der Waals surface area contributed by atoms with E-state index in [2.05, 4.69) is 6.07 Å². The third kappa shape index (κ3) is 3.29. The highest BCUT2D eigenvalue weighted by molar-refractivity contribution is 7.98. The number of hydrogen-bond acceptors (Lipinski definition) is 2. The molecule has 0 amide bonds. The van der Waals surface area contributed by atoms with E-state index in [1.807, 2.05) is 49.4 Å². The summed E-state index contributed by atoms with van der Waals surface area (Å²) in [6.07, 6.45) is 0. The normalized spacial score (nSPS) is 10.1. The molecule has 0 heterocycles. The van der Waals surface area contributed by atoms with Crippen LogP contribution < -0.4 is 0 Å². The Morgan fingerprint density at radius 3 is 2.56 bits per heavy atom. The summed E-state index contributed by atoms with van der Waals surface area (Å²) < 4.78 is 0. The molecule has 0 bridgehead atoms. The van der Waals surface area contributed by atoms with Gasteiger partial charge < -0.3 is 0 Å². The average Bonchev–Trinajstić information content (AvgIpc) is 2.39. The number of benzene rings is 2. The molecule has 2 aromatic carbocycles. The monoisotopic (exact) mass is 273 g/mol. The van der Waals surface area contributed by atoms with E-state index in [1.54, 1.807) is 11.8 Å². The standard InChI is InChI=1S/C15H12ClNS/c1-11-2-7-15(13(8-11)9-17)18-10-12-3-5-14(16)6-4-12/h2-8H,10H2,1H3. The quantitative estimate of drug-likeness (QED) is 0.749. The van der Waals surface area contributed by atoms with E-state index in [0.29, 0.717) is 0 Å². The fourth-order valence-corrected chi connectivity index (χ4v) is 2.66. The molecule has 0 unspecified atom stereocenters. The Kier molecular flexibility index (Phi) is 4.30. The van der Waals surface area contributed by atoms with Crippen molar-refractivity contribution in [3.05, 3.63) is 64.2 Å². The molecule has 2 aromatic rings. The first-order valence-electron chi connectivity index (χ1n) is 5.57. The Bertz CT molecular complexity index is 584. The molecule has 0 saturated heterocycles. The van der Waals surface area contributed by atoms with Gasteiger partial charge >= 0.3 is 0 Å². The number of nitrogens with zero attached hydrogens (tertiary/aromatic N) is 1. The highest BCUT2D eigenvalue weighted by Gasteiger charge is 2.03. The first-order chi connectivity index (χ1) is 8.69. The van der Waals surface area contributed by atoms with Crippen molar-refractivity contribution in [2.45, 2.75) is 17.6 Å². The van der Waals surface area contributed by atoms with Crippen LogP contribution in [0.4, 0.5) is 0 Å². The van der Waals surface area contributed by atoms with Gasteiger partial charge in [0.1, 0.15) is 6.07 Å². The molecule has 0 aromatic heterocycles. The summed E-state index contributed by atoms with van der Waals surface area (Å²) in [4.78, 5) is 1.03. The minimum atomic E-state index is 0.744. The Morgan fingerprint density at radius 2 is 1.89 bits per heavy atom. The molecular weight excluding hydrogens is 262 g/mol. The van der Waals surface area contributed by atoms with Crippen LogP contribution in [0.25, 0.3) is 0 Å². The van der Waals surface area contributed by atoms with Crippen LogP contribution in [0.15, 0.2) is 47.4 Å². The van der Waals surface area contributed by atoms with Crippen LogP contribution in [-0.4, -0.2) is 0 Å². The molecule has 0 aliphatic carbocycles. The van der Waals surface area contributed by atoms with Gasteiger partial charge in [0, 0.05) is 15.7 Å². The largest absolute Gasteiger partial charge is 0.192 e. The molecule has 0 radical (unpaired) electrons. The van der Waals surface area contributed by atoms with E-state index in [9.17, 15) is 0 Å². The molecule has 0 spiro atoms. The lowest BCUT2D eigenvalue weighted by Crippen LogP contribution is -1.85. The van der Waals surface area contributed by atoms with Gasteiger partial charge in [0.25, 0.3) is 0 Å². The van der Waals surface area contributed by atoms with Crippen molar-refractivity contribution in [1.29, 1.82) is 5.26 Å². The van der Waals surface area contributed by atoms with Crippen molar-refractivity contribution in [2.24, 2.45) is 0 Å². The maximum atomic E-state index is 9.10. The first-order valence-corrected chi connectivity index (χ1v) is 6.93. The van der Waals surface area contributed by atoms with Gasteiger partial charge in [-0.3, -0.25) is 0 Å². The molecule has 18 heavy (non-hydrogen) atoms. The van der Waals surface area contributed by atoms with E-state index in [0.717, 1.165) is 26.8 Å². The Hall–Kier alpha value is -1.43. The van der Waals surface area contributed by atoms with Gasteiger partial charge in [0.15, 0.2) is 0 Å². The smallest absolute Gasteiger partial charge is 0.100 e. The third-order valence-electron chi connectivity index (χ3n) is 2.56. The fourth-order valence-electron chi connectivity index (χ4n) is 1.60. The minimum Gasteiger partial charge on any atom is -0.192 e. The molecule has 0 saturated carbocycles. The Morgan fingerprint density at radius 1 is 1.17 bits per heavy atom. The summed E-state index contributed by atoms with van der Waals surface area (Å²) in [7, 11) is 0. The number of rotatable bonds is 3. The second-order valence-corrected chi connectivity index (χ2v) is 5.48. The zero-order valence-corrected chi connectivity index (χ0v) is 11.6. The summed E-state index contributed by atoms with van der Waals surface area (Å²) >= 11 is 7.52. The van der Waals surface area contributed by atoms with Crippen molar-refractivity contribution in [3.8, 4) is 6.07 Å². The molecule has 1 nitrogen and oxygen atoms in total. The predicted molar refractivity (Wildman–Crippen MR) is 76.9 cm³/mol. The van der Waals surface area contributed by atoms with Gasteiger partial charge in [-0.15, -0.1) is 11.8 Å². The molecule has 3 heteroatoms. The van der Waals surface area contributed by atoms with Gasteiger partial charge in [-0.2, -0.15) is 5.26 Å². The van der Waals surface area contributed by atoms with Crippen LogP contribution in [0.2, 0.25) is 5.02 Å². The molecular formula is C15H12ClNS. The highest BCUT2D eigenvalue weighted by Crippen LogP contribution is 2.27. The van der Waals surface area contributed by atoms with Gasteiger partial charge in [-0.25, -0.2) is 0 Å². The summed E-state index contributed by atoms with van der Waals surface area (Å²) in [6, 6.07) is 16.0. The van der Waals surface area contributed by atoms with Crippen molar-refractivity contribution in [3.63, 3.8) is 0 Å². The van der Waals surface area contributed by atoms with Gasteiger partial charge in [-0.1, -0.05) is 29.8 Å². The van der Waals surface area contributed by atoms with E-state index in [1.165, 1.54) is 5.56 Å². The van der Waals surface area contributed by atoms with Crippen LogP contribution in [0.5, 0.6) is 0 Å². The second-order valence-electron chi connectivity index (χ2n) is 4.03. The van der Waals surface area contributed by atoms with E-state index >= 15 is 0 Å². The lowest BCUT2D eigenvalue weighted by atomic mass is 10.2. The summed E-state index contributed by atoms with van der Waals surface area (Å²) in [6.45, 7) is 1.99. The van der Waals surface area contributed by atoms with Crippen LogP contribution in [0.3, 0.4) is 0 Å². The molecule has 0 fully saturated rings. The van der Waals surface area contributed by atoms with Crippen LogP contribution in [0.1, 0.15) is 16.7 Å². The average molecular weight is 274 g/mol. The van der Waals surface area contributed by atoms with Crippen LogP contribution in [-0.2, 0) is 5.75 Å². The molecule has 0 aliphatic heterocycles. The Balaban J connectivity index is 2.11. The molecule has 2 rings (SSSR count). The number of hydrogen-bond donors (Lipinski definition) is 0. The number of nitriles is 1. The lowest BCUT2D eigenvalue weighted by molar-refractivity contribution is 1.30. The summed E-state index contributed by atoms with van der Waals surface area (Å²) in [5.41, 5.74) is 3.06. The zero-order valence-electron chi connectivity index (χ0n) is 9.98. The highest BCUT2D eigenvalue weighted by atomic mass is 35.5. The maximum absolute atomic E-state index is 9.10. The maximum Gasteiger partial charge on any atom is 0.100 e. The molecule has 0 atom stereocenters. The van der Waals surface area contributed by atoms with Crippen molar-refractivity contribution in [1.82, 2.24) is 0 Å². The zero-order chi connectivity index (χ0) is 13.0. The number of aryl methyl sites for hydroxylation is 1. The summed E-state index contributed by atoms with van der Waals surface area (Å²) in [5, 5.41) is 9.84. The van der Waals surface area contributed by atoms with Gasteiger partial charge in [-0.05, 0) is 42.3 Å². The lowest BCUT2D eigenvalue weighted by Gasteiger charge is -2.05. The van der Waals surface area contributed by atoms with E-state index in [4.69, 9.17) is 16.9 Å². The Labute approximate surface area is 116 Å². The van der Waals surface area contributed by atoms with Crippen molar-refractivity contribution in [2.75, 3.05) is 0 Å². The van der Waals surface area contributed by atoms with E-state index < -0.39 is 0 Å². The van der Waals surface area contributed by atoms with E-state index in [-0.39, 0.29) is 0 Å². The van der Waals surface area contributed by atoms with Crippen LogP contribution in [0, 0.1) is 18.3 Å². The molecule has 0 aliphatic rings. The minimum absolute atomic E-state index is 0.744. The fraction of sp³-hybridized carbons (Fsp3) is 0.133. The third-order valence-corrected chi connectivity index (χ3v) is 3.96. The molecule has 0 N–H and O–H groups in total. The van der Waals surface area contributed by atoms with Gasteiger partial charge in [0.2, 0.25) is 0 Å². The SMILES string of the molecule is Cc1ccc(SCc2ccc(Cl)cc2)c(C#N)c1. The summed E-state index contributed by atoms with van der Waals surface area (Å²) in [5.74, 6) is 0.842. The van der Waals surface area contributed by atoms with Crippen molar-refractivity contribution < 1.29 is 0 Å². The number of halogens is 1. The second kappa shape index (κ2) is 5.95. The first kappa shape index (κ1) is 13.0. The number of thioether (sulfide) groups is 1. The molecule has 90 valence electrons. The topological polar surface area (TPSA) is 23.8 Å². The van der Waals surface area contributed by atoms with Gasteiger partial charge in [0.05, 0.1) is 5.56 Å². The van der Waals surface area contributed by atoms with Crippen LogP contribution >= 0.6 is 23.4 Å². The predicted octanol–water partition coefficient (Wildman–Crippen LogP) is 4.81. The van der Waals surface area contributed by atoms with Crippen molar-refractivity contribution >= 4 is 23.4 Å².